The van der Waals surface area contributed by atoms with Crippen molar-refractivity contribution >= 4 is 39.1 Å². The summed E-state index contributed by atoms with van der Waals surface area (Å²) in [5.41, 5.74) is -1.12. The molecule has 220 valence electrons. The molecular formula is C28H29ClF3N3O5S. The highest BCUT2D eigenvalue weighted by atomic mass is 35.5. The van der Waals surface area contributed by atoms with Crippen LogP contribution in [0, 0.1) is 0 Å². The summed E-state index contributed by atoms with van der Waals surface area (Å²) in [6, 6.07) is 14.8. The van der Waals surface area contributed by atoms with Gasteiger partial charge in [-0.25, -0.2) is 8.42 Å². The lowest BCUT2D eigenvalue weighted by atomic mass is 10.1. The molecule has 0 unspecified atom stereocenters. The molecule has 0 radical (unpaired) electrons. The zero-order valence-electron chi connectivity index (χ0n) is 22.5. The van der Waals surface area contributed by atoms with Crippen molar-refractivity contribution in [2.75, 3.05) is 24.5 Å². The largest absolute Gasteiger partial charge is 0.497 e. The van der Waals surface area contributed by atoms with E-state index in [-0.39, 0.29) is 23.0 Å². The van der Waals surface area contributed by atoms with Crippen molar-refractivity contribution in [2.45, 2.75) is 37.5 Å². The molecule has 8 nitrogen and oxygen atoms in total. The molecule has 0 saturated carbocycles. The fraction of sp³-hybridized carbons (Fsp3) is 0.286. The van der Waals surface area contributed by atoms with E-state index in [9.17, 15) is 31.2 Å². The Kier molecular flexibility index (Phi) is 10.3. The van der Waals surface area contributed by atoms with Crippen molar-refractivity contribution in [3.8, 4) is 5.75 Å². The summed E-state index contributed by atoms with van der Waals surface area (Å²) in [6.07, 6.45) is -4.81. The lowest BCUT2D eigenvalue weighted by Gasteiger charge is -2.32. The Bertz CT molecular complexity index is 1490. The van der Waals surface area contributed by atoms with Crippen LogP contribution in [0.25, 0.3) is 0 Å². The minimum absolute atomic E-state index is 0.121. The molecule has 0 fully saturated rings. The Morgan fingerprint density at radius 1 is 1.02 bits per heavy atom. The van der Waals surface area contributed by atoms with Gasteiger partial charge in [0.15, 0.2) is 0 Å². The van der Waals surface area contributed by atoms with E-state index >= 15 is 0 Å². The zero-order valence-corrected chi connectivity index (χ0v) is 24.1. The molecule has 3 rings (SSSR count). The van der Waals surface area contributed by atoms with E-state index in [2.05, 4.69) is 5.32 Å². The number of nitrogens with zero attached hydrogens (tertiary/aromatic N) is 2. The number of hydrogen-bond donors (Lipinski definition) is 1. The minimum atomic E-state index is -4.81. The normalized spacial score (nSPS) is 12.4. The maximum absolute atomic E-state index is 13.9. The predicted octanol–water partition coefficient (Wildman–Crippen LogP) is 5.12. The van der Waals surface area contributed by atoms with Crippen molar-refractivity contribution in [3.05, 3.63) is 88.9 Å². The number of sulfonamides is 1. The number of methoxy groups -OCH3 is 1. The number of amides is 2. The molecule has 1 N–H and O–H groups in total. The highest BCUT2D eigenvalue weighted by Gasteiger charge is 2.36. The Morgan fingerprint density at radius 2 is 1.71 bits per heavy atom. The Balaban J connectivity index is 2.13. The molecule has 0 heterocycles. The highest BCUT2D eigenvalue weighted by Crippen LogP contribution is 2.37. The molecule has 2 amide bonds. The quantitative estimate of drug-likeness (QED) is 0.325. The van der Waals surface area contributed by atoms with E-state index in [0.29, 0.717) is 27.8 Å². The smallest absolute Gasteiger partial charge is 0.416 e. The van der Waals surface area contributed by atoms with Crippen molar-refractivity contribution in [1.29, 1.82) is 0 Å². The van der Waals surface area contributed by atoms with Crippen LogP contribution >= 0.6 is 11.6 Å². The van der Waals surface area contributed by atoms with Gasteiger partial charge in [-0.3, -0.25) is 13.9 Å². The Morgan fingerprint density at radius 3 is 2.32 bits per heavy atom. The highest BCUT2D eigenvalue weighted by molar-refractivity contribution is 7.92. The van der Waals surface area contributed by atoms with Gasteiger partial charge < -0.3 is 15.0 Å². The zero-order chi connectivity index (χ0) is 30.4. The summed E-state index contributed by atoms with van der Waals surface area (Å²) in [6.45, 7) is 2.38. The number of ether oxygens (including phenoxy) is 1. The van der Waals surface area contributed by atoms with E-state index in [1.165, 1.54) is 38.3 Å². The number of benzene rings is 3. The first-order valence-electron chi connectivity index (χ1n) is 12.4. The molecule has 0 saturated heterocycles. The summed E-state index contributed by atoms with van der Waals surface area (Å²) in [5, 5.41) is 2.31. The van der Waals surface area contributed by atoms with Gasteiger partial charge in [0.05, 0.1) is 28.3 Å². The van der Waals surface area contributed by atoms with Crippen LogP contribution in [0.5, 0.6) is 5.75 Å². The molecular weight excluding hydrogens is 583 g/mol. The Hall–Kier alpha value is -3.77. The molecule has 13 heteroatoms. The van der Waals surface area contributed by atoms with Crippen LogP contribution in [0.3, 0.4) is 0 Å². The van der Waals surface area contributed by atoms with Crippen LogP contribution in [0.15, 0.2) is 77.7 Å². The van der Waals surface area contributed by atoms with Gasteiger partial charge in [-0.1, -0.05) is 41.9 Å². The first-order chi connectivity index (χ1) is 19.3. The first kappa shape index (κ1) is 31.8. The Labute approximate surface area is 241 Å². The third-order valence-corrected chi connectivity index (χ3v) is 8.25. The molecule has 0 spiro atoms. The predicted molar refractivity (Wildman–Crippen MR) is 149 cm³/mol. The minimum Gasteiger partial charge on any atom is -0.497 e. The molecule has 0 aliphatic carbocycles. The van der Waals surface area contributed by atoms with Crippen LogP contribution in [-0.4, -0.2) is 51.4 Å². The van der Waals surface area contributed by atoms with E-state index in [4.69, 9.17) is 16.3 Å². The first-order valence-corrected chi connectivity index (χ1v) is 14.3. The van der Waals surface area contributed by atoms with E-state index in [1.807, 2.05) is 0 Å². The summed E-state index contributed by atoms with van der Waals surface area (Å²) in [7, 11) is -3.13. The van der Waals surface area contributed by atoms with Crippen molar-refractivity contribution in [1.82, 2.24) is 10.2 Å². The summed E-state index contributed by atoms with van der Waals surface area (Å²) in [4.78, 5) is 27.5. The fourth-order valence-corrected chi connectivity index (χ4v) is 5.70. The number of alkyl halides is 3. The van der Waals surface area contributed by atoms with Crippen molar-refractivity contribution in [3.63, 3.8) is 0 Å². The van der Waals surface area contributed by atoms with E-state index < -0.39 is 51.9 Å². The van der Waals surface area contributed by atoms with Crippen LogP contribution < -0.4 is 14.4 Å². The van der Waals surface area contributed by atoms with Gasteiger partial charge in [-0.15, -0.1) is 0 Å². The second-order valence-electron chi connectivity index (χ2n) is 8.93. The molecule has 1 atom stereocenters. The maximum Gasteiger partial charge on any atom is 0.416 e. The van der Waals surface area contributed by atoms with Crippen LogP contribution in [-0.2, 0) is 32.3 Å². The van der Waals surface area contributed by atoms with Gasteiger partial charge in [0.25, 0.3) is 10.0 Å². The molecule has 3 aromatic carbocycles. The van der Waals surface area contributed by atoms with Crippen LogP contribution in [0.4, 0.5) is 18.9 Å². The van der Waals surface area contributed by atoms with E-state index in [1.54, 1.807) is 37.3 Å². The second kappa shape index (κ2) is 13.3. The van der Waals surface area contributed by atoms with Crippen molar-refractivity contribution < 1.29 is 35.9 Å². The van der Waals surface area contributed by atoms with Gasteiger partial charge in [-0.05, 0) is 61.9 Å². The average Bonchev–Trinajstić information content (AvgIpc) is 2.94. The van der Waals surface area contributed by atoms with Gasteiger partial charge in [0, 0.05) is 13.1 Å². The summed E-state index contributed by atoms with van der Waals surface area (Å²) >= 11 is 6.24. The van der Waals surface area contributed by atoms with Crippen LogP contribution in [0.2, 0.25) is 5.02 Å². The maximum atomic E-state index is 13.9. The van der Waals surface area contributed by atoms with E-state index in [0.717, 1.165) is 11.0 Å². The monoisotopic (exact) mass is 611 g/mol. The summed E-state index contributed by atoms with van der Waals surface area (Å²) in [5.74, 6) is -0.859. The molecule has 0 aliphatic rings. The topological polar surface area (TPSA) is 96.0 Å². The number of carbonyl (C=O) groups excluding carboxylic acids is 2. The average molecular weight is 612 g/mol. The van der Waals surface area contributed by atoms with Gasteiger partial charge in [0.2, 0.25) is 11.8 Å². The number of hydrogen-bond acceptors (Lipinski definition) is 5. The number of carbonyl (C=O) groups is 2. The fourth-order valence-electron chi connectivity index (χ4n) is 3.99. The molecule has 0 aromatic heterocycles. The number of anilines is 1. The molecule has 41 heavy (non-hydrogen) atoms. The molecule has 3 aromatic rings. The third-order valence-electron chi connectivity index (χ3n) is 6.16. The lowest BCUT2D eigenvalue weighted by molar-refractivity contribution is -0.139. The number of halogens is 4. The third kappa shape index (κ3) is 7.70. The molecule has 0 aliphatic heterocycles. The number of rotatable bonds is 11. The lowest BCUT2D eigenvalue weighted by Crippen LogP contribution is -2.51. The number of nitrogens with one attached hydrogen (secondary N) is 1. The van der Waals surface area contributed by atoms with Gasteiger partial charge >= 0.3 is 6.18 Å². The number of likely N-dealkylation sites (N-methyl/N-ethyl adjacent to an activating group) is 1. The molecule has 0 bridgehead atoms. The second-order valence-corrected chi connectivity index (χ2v) is 11.2. The van der Waals surface area contributed by atoms with Gasteiger partial charge in [-0.2, -0.15) is 13.2 Å². The van der Waals surface area contributed by atoms with Crippen molar-refractivity contribution in [2.24, 2.45) is 0 Å². The SMILES string of the molecule is CCNC(=O)[C@H](C)N(Cc1cccc(OC)c1)C(=O)CN(c1cc(C(F)(F)F)ccc1Cl)S(=O)(=O)c1ccccc1. The summed E-state index contributed by atoms with van der Waals surface area (Å²) < 4.78 is 74.1. The van der Waals surface area contributed by atoms with Gasteiger partial charge in [0.1, 0.15) is 18.3 Å². The van der Waals surface area contributed by atoms with Crippen LogP contribution in [0.1, 0.15) is 25.0 Å². The standard InChI is InChI=1S/C28H29ClF3N3O5S/c1-4-33-27(37)19(2)34(17-20-9-8-10-22(15-20)40-3)26(36)18-35(41(38,39)23-11-6-5-7-12-23)25-16-21(28(30,31)32)13-14-24(25)29/h5-16,19H,4,17-18H2,1-3H3,(H,33,37)/t19-/m0/s1.